The van der Waals surface area contributed by atoms with Crippen LogP contribution in [0.3, 0.4) is 0 Å². The molecule has 0 bridgehead atoms. The molecule has 2 aromatic rings. The minimum absolute atomic E-state index is 0.490. The van der Waals surface area contributed by atoms with Crippen molar-refractivity contribution in [3.8, 4) is 0 Å². The van der Waals surface area contributed by atoms with E-state index in [1.807, 2.05) is 6.07 Å². The van der Waals surface area contributed by atoms with Gasteiger partial charge >= 0.3 is 0 Å². The lowest BCUT2D eigenvalue weighted by molar-refractivity contribution is 1.20. The first kappa shape index (κ1) is 6.84. The molecule has 4 heteroatoms. The van der Waals surface area contributed by atoms with Gasteiger partial charge in [-0.25, -0.2) is 9.97 Å². The maximum Gasteiger partial charge on any atom is 0.143 e. The van der Waals surface area contributed by atoms with Gasteiger partial charge in [0, 0.05) is 5.69 Å². The molecule has 0 amide bonds. The number of H-pyrrole nitrogens is 1. The SMILES string of the molecule is C=Cc1cc2c(N)ncnc2[nH]1. The Hall–Kier alpha value is -1.84. The molecule has 0 aliphatic rings. The van der Waals surface area contributed by atoms with Gasteiger partial charge in [0.2, 0.25) is 0 Å². The number of fused-ring (bicyclic) bond motifs is 1. The summed E-state index contributed by atoms with van der Waals surface area (Å²) in [6, 6.07) is 1.87. The van der Waals surface area contributed by atoms with Gasteiger partial charge in [-0.2, -0.15) is 0 Å². The summed E-state index contributed by atoms with van der Waals surface area (Å²) in [5.74, 6) is 0.490. The minimum Gasteiger partial charge on any atom is -0.383 e. The number of aromatic nitrogens is 3. The van der Waals surface area contributed by atoms with Gasteiger partial charge in [0.05, 0.1) is 5.39 Å². The number of nitrogens with one attached hydrogen (secondary N) is 1. The van der Waals surface area contributed by atoms with E-state index >= 15 is 0 Å². The molecule has 4 nitrogen and oxygen atoms in total. The van der Waals surface area contributed by atoms with E-state index in [2.05, 4.69) is 21.5 Å². The van der Waals surface area contributed by atoms with Gasteiger partial charge in [-0.15, -0.1) is 0 Å². The number of hydrogen-bond donors (Lipinski definition) is 2. The van der Waals surface area contributed by atoms with Crippen molar-refractivity contribution in [2.75, 3.05) is 5.73 Å². The second kappa shape index (κ2) is 2.34. The van der Waals surface area contributed by atoms with Gasteiger partial charge in [-0.1, -0.05) is 6.58 Å². The molecule has 0 aliphatic heterocycles. The molecule has 12 heavy (non-hydrogen) atoms. The van der Waals surface area contributed by atoms with Gasteiger partial charge in [0.25, 0.3) is 0 Å². The third kappa shape index (κ3) is 0.852. The molecule has 0 unspecified atom stereocenters. The zero-order chi connectivity index (χ0) is 8.55. The maximum absolute atomic E-state index is 5.62. The Kier molecular flexibility index (Phi) is 1.33. The van der Waals surface area contributed by atoms with Crippen molar-refractivity contribution in [3.05, 3.63) is 24.7 Å². The highest BCUT2D eigenvalue weighted by molar-refractivity contribution is 5.87. The minimum atomic E-state index is 0.490. The molecule has 3 N–H and O–H groups in total. The van der Waals surface area contributed by atoms with E-state index < -0.39 is 0 Å². The third-order valence-electron chi connectivity index (χ3n) is 1.70. The summed E-state index contributed by atoms with van der Waals surface area (Å²) in [4.78, 5) is 10.9. The third-order valence-corrected chi connectivity index (χ3v) is 1.70. The quantitative estimate of drug-likeness (QED) is 0.658. The van der Waals surface area contributed by atoms with Gasteiger partial charge in [0.15, 0.2) is 0 Å². The standard InChI is InChI=1S/C8H8N4/c1-2-5-3-6-7(9)10-4-11-8(6)12-5/h2-4H,1H2,(H3,9,10,11,12). The number of anilines is 1. The van der Waals surface area contributed by atoms with E-state index in [9.17, 15) is 0 Å². The largest absolute Gasteiger partial charge is 0.383 e. The number of rotatable bonds is 1. The Bertz CT molecular complexity index is 430. The van der Waals surface area contributed by atoms with E-state index in [0.717, 1.165) is 16.7 Å². The van der Waals surface area contributed by atoms with Crippen LogP contribution >= 0.6 is 0 Å². The van der Waals surface area contributed by atoms with E-state index in [1.54, 1.807) is 6.08 Å². The van der Waals surface area contributed by atoms with Crippen LogP contribution in [0.2, 0.25) is 0 Å². The van der Waals surface area contributed by atoms with Gasteiger partial charge in [-0.05, 0) is 12.1 Å². The smallest absolute Gasteiger partial charge is 0.143 e. The Morgan fingerprint density at radius 3 is 3.00 bits per heavy atom. The monoisotopic (exact) mass is 160 g/mol. The Morgan fingerprint density at radius 2 is 2.33 bits per heavy atom. The van der Waals surface area contributed by atoms with Crippen molar-refractivity contribution < 1.29 is 0 Å². The summed E-state index contributed by atoms with van der Waals surface area (Å²) in [6.07, 6.45) is 3.14. The number of nitrogens with two attached hydrogens (primary N) is 1. The summed E-state index contributed by atoms with van der Waals surface area (Å²) >= 11 is 0. The van der Waals surface area contributed by atoms with Crippen LogP contribution in [-0.4, -0.2) is 15.0 Å². The molecule has 0 aromatic carbocycles. The molecule has 0 radical (unpaired) electrons. The molecule has 2 heterocycles. The molecular formula is C8H8N4. The highest BCUT2D eigenvalue weighted by Crippen LogP contribution is 2.17. The average Bonchev–Trinajstić information content (AvgIpc) is 2.49. The second-order valence-corrected chi connectivity index (χ2v) is 2.45. The Morgan fingerprint density at radius 1 is 1.50 bits per heavy atom. The number of aromatic amines is 1. The topological polar surface area (TPSA) is 67.6 Å². The fourth-order valence-corrected chi connectivity index (χ4v) is 1.09. The summed E-state index contributed by atoms with van der Waals surface area (Å²) in [5.41, 5.74) is 7.27. The molecule has 0 saturated heterocycles. The lowest BCUT2D eigenvalue weighted by atomic mass is 10.3. The predicted octanol–water partition coefficient (Wildman–Crippen LogP) is 1.18. The summed E-state index contributed by atoms with van der Waals surface area (Å²) in [5, 5.41) is 0.840. The van der Waals surface area contributed by atoms with Crippen LogP contribution in [0.5, 0.6) is 0 Å². The van der Waals surface area contributed by atoms with E-state index in [1.165, 1.54) is 6.33 Å². The molecule has 0 fully saturated rings. The van der Waals surface area contributed by atoms with Crippen molar-refractivity contribution in [1.29, 1.82) is 0 Å². The molecular weight excluding hydrogens is 152 g/mol. The summed E-state index contributed by atoms with van der Waals surface area (Å²) in [7, 11) is 0. The van der Waals surface area contributed by atoms with Crippen LogP contribution < -0.4 is 5.73 Å². The number of hydrogen-bond acceptors (Lipinski definition) is 3. The lowest BCUT2D eigenvalue weighted by Gasteiger charge is -1.90. The number of nitrogen functional groups attached to an aromatic ring is 1. The molecule has 0 atom stereocenters. The van der Waals surface area contributed by atoms with Crippen molar-refractivity contribution in [1.82, 2.24) is 15.0 Å². The summed E-state index contributed by atoms with van der Waals surface area (Å²) < 4.78 is 0. The highest BCUT2D eigenvalue weighted by Gasteiger charge is 2.02. The Balaban J connectivity index is 2.82. The van der Waals surface area contributed by atoms with Gasteiger partial charge < -0.3 is 10.7 Å². The average molecular weight is 160 g/mol. The first-order valence-corrected chi connectivity index (χ1v) is 3.53. The van der Waals surface area contributed by atoms with Gasteiger partial charge in [-0.3, -0.25) is 0 Å². The molecule has 0 aliphatic carbocycles. The number of nitrogens with zero attached hydrogens (tertiary/aromatic N) is 2. The van der Waals surface area contributed by atoms with Crippen LogP contribution in [0.15, 0.2) is 19.0 Å². The first-order valence-electron chi connectivity index (χ1n) is 3.53. The van der Waals surface area contributed by atoms with E-state index in [4.69, 9.17) is 5.73 Å². The van der Waals surface area contributed by atoms with E-state index in [-0.39, 0.29) is 0 Å². The van der Waals surface area contributed by atoms with E-state index in [0.29, 0.717) is 5.82 Å². The molecule has 0 spiro atoms. The molecule has 2 rings (SSSR count). The van der Waals surface area contributed by atoms with Gasteiger partial charge in [0.1, 0.15) is 17.8 Å². The van der Waals surface area contributed by atoms with Crippen LogP contribution in [0.25, 0.3) is 17.1 Å². The predicted molar refractivity (Wildman–Crippen MR) is 48.4 cm³/mol. The molecule has 2 aromatic heterocycles. The van der Waals surface area contributed by atoms with Crippen LogP contribution in [0.4, 0.5) is 5.82 Å². The Labute approximate surface area is 69.1 Å². The zero-order valence-corrected chi connectivity index (χ0v) is 6.41. The molecule has 60 valence electrons. The first-order chi connectivity index (χ1) is 5.81. The molecule has 0 saturated carbocycles. The van der Waals surface area contributed by atoms with Crippen LogP contribution in [0.1, 0.15) is 5.69 Å². The fourth-order valence-electron chi connectivity index (χ4n) is 1.09. The summed E-state index contributed by atoms with van der Waals surface area (Å²) in [6.45, 7) is 3.64. The highest BCUT2D eigenvalue weighted by atomic mass is 15.0. The van der Waals surface area contributed by atoms with Crippen molar-refractivity contribution in [2.45, 2.75) is 0 Å². The van der Waals surface area contributed by atoms with Crippen LogP contribution in [-0.2, 0) is 0 Å². The van der Waals surface area contributed by atoms with Crippen molar-refractivity contribution in [3.63, 3.8) is 0 Å². The fraction of sp³-hybridized carbons (Fsp3) is 0. The van der Waals surface area contributed by atoms with Crippen LogP contribution in [0, 0.1) is 0 Å². The van der Waals surface area contributed by atoms with Crippen molar-refractivity contribution >= 4 is 22.9 Å². The van der Waals surface area contributed by atoms with Crippen molar-refractivity contribution in [2.24, 2.45) is 0 Å². The zero-order valence-electron chi connectivity index (χ0n) is 6.41. The second-order valence-electron chi connectivity index (χ2n) is 2.45. The maximum atomic E-state index is 5.62. The lowest BCUT2D eigenvalue weighted by Crippen LogP contribution is -1.90. The normalized spacial score (nSPS) is 10.3.